The zero-order valence-electron chi connectivity index (χ0n) is 8.53. The van der Waals surface area contributed by atoms with Gasteiger partial charge >= 0.3 is 0 Å². The summed E-state index contributed by atoms with van der Waals surface area (Å²) in [5.41, 5.74) is 15.1. The Hall–Kier alpha value is -1.38. The van der Waals surface area contributed by atoms with E-state index in [4.69, 9.17) is 11.5 Å². The standard InChI is InChI=1S/C12H12N2.2ClH/c13-11-5-1-9(2-6-11)10-3-7-12(14)8-4-10;;/h1-8H,13-14H2;2*1H/p-2. The third kappa shape index (κ3) is 3.33. The van der Waals surface area contributed by atoms with Crippen molar-refractivity contribution >= 4 is 11.4 Å². The predicted octanol–water partition coefficient (Wildman–Crippen LogP) is -3.47. The minimum atomic E-state index is 0. The number of anilines is 2. The summed E-state index contributed by atoms with van der Waals surface area (Å²) in [4.78, 5) is 0. The van der Waals surface area contributed by atoms with Gasteiger partial charge in [0.15, 0.2) is 0 Å². The number of hydrogen-bond acceptors (Lipinski definition) is 2. The van der Waals surface area contributed by atoms with E-state index >= 15 is 0 Å². The molecular weight excluding hydrogens is 243 g/mol. The maximum Gasteiger partial charge on any atom is 0.0314 e. The molecule has 0 fully saturated rings. The van der Waals surface area contributed by atoms with Gasteiger partial charge in [0, 0.05) is 11.4 Å². The average molecular weight is 255 g/mol. The van der Waals surface area contributed by atoms with Crippen LogP contribution in [0.2, 0.25) is 0 Å². The Bertz CT molecular complexity index is 380. The highest BCUT2D eigenvalue weighted by molar-refractivity contribution is 5.67. The number of halogens is 2. The van der Waals surface area contributed by atoms with Crippen molar-refractivity contribution in [3.63, 3.8) is 0 Å². The molecule has 0 bridgehead atoms. The molecule has 0 spiro atoms. The molecule has 0 heterocycles. The first-order valence-electron chi connectivity index (χ1n) is 4.47. The van der Waals surface area contributed by atoms with Gasteiger partial charge in [-0.3, -0.25) is 0 Å². The molecule has 2 aromatic carbocycles. The van der Waals surface area contributed by atoms with Crippen LogP contribution in [-0.4, -0.2) is 0 Å². The molecule has 4 heteroatoms. The molecule has 0 unspecified atom stereocenters. The van der Waals surface area contributed by atoms with Crippen molar-refractivity contribution < 1.29 is 24.8 Å². The lowest BCUT2D eigenvalue weighted by atomic mass is 10.1. The molecule has 0 aromatic heterocycles. The number of nitrogens with two attached hydrogens (primary N) is 2. The van der Waals surface area contributed by atoms with Gasteiger partial charge in [-0.05, 0) is 35.4 Å². The van der Waals surface area contributed by atoms with Crippen molar-refractivity contribution in [1.82, 2.24) is 0 Å². The summed E-state index contributed by atoms with van der Waals surface area (Å²) in [6.45, 7) is 0. The van der Waals surface area contributed by atoms with Gasteiger partial charge < -0.3 is 36.3 Å². The lowest BCUT2D eigenvalue weighted by molar-refractivity contribution is -0.001000. The second kappa shape index (κ2) is 6.26. The molecule has 0 atom stereocenters. The van der Waals surface area contributed by atoms with Crippen LogP contribution < -0.4 is 36.3 Å². The first kappa shape index (κ1) is 14.6. The molecule has 86 valence electrons. The third-order valence-electron chi connectivity index (χ3n) is 2.15. The Kier molecular flexibility index (Phi) is 5.72. The van der Waals surface area contributed by atoms with E-state index in [2.05, 4.69) is 0 Å². The SMILES string of the molecule is Nc1ccc(-c2ccc(N)cc2)cc1.[Cl-].[Cl-]. The number of rotatable bonds is 1. The van der Waals surface area contributed by atoms with Gasteiger partial charge in [0.05, 0.1) is 0 Å². The van der Waals surface area contributed by atoms with Crippen LogP contribution in [0.5, 0.6) is 0 Å². The highest BCUT2D eigenvalue weighted by atomic mass is 35.5. The first-order chi connectivity index (χ1) is 6.75. The molecule has 0 saturated carbocycles. The molecule has 0 aliphatic heterocycles. The summed E-state index contributed by atoms with van der Waals surface area (Å²) in [5.74, 6) is 0. The number of nitrogen functional groups attached to an aromatic ring is 2. The second-order valence-electron chi connectivity index (χ2n) is 3.24. The highest BCUT2D eigenvalue weighted by Gasteiger charge is 1.95. The Morgan fingerprint density at radius 3 is 1.00 bits per heavy atom. The molecule has 0 amide bonds. The largest absolute Gasteiger partial charge is 1.00 e. The Balaban J connectivity index is 0.00000112. The van der Waals surface area contributed by atoms with Crippen molar-refractivity contribution in [2.75, 3.05) is 11.5 Å². The van der Waals surface area contributed by atoms with Crippen LogP contribution in [0.3, 0.4) is 0 Å². The molecule has 0 radical (unpaired) electrons. The number of benzene rings is 2. The first-order valence-corrected chi connectivity index (χ1v) is 4.47. The number of hydrogen-bond donors (Lipinski definition) is 2. The topological polar surface area (TPSA) is 52.0 Å². The van der Waals surface area contributed by atoms with Gasteiger partial charge in [-0.1, -0.05) is 24.3 Å². The van der Waals surface area contributed by atoms with E-state index in [1.165, 1.54) is 0 Å². The van der Waals surface area contributed by atoms with E-state index < -0.39 is 0 Å². The molecule has 2 nitrogen and oxygen atoms in total. The molecule has 16 heavy (non-hydrogen) atoms. The van der Waals surface area contributed by atoms with E-state index in [9.17, 15) is 0 Å². The quantitative estimate of drug-likeness (QED) is 0.520. The van der Waals surface area contributed by atoms with E-state index in [0.29, 0.717) is 0 Å². The monoisotopic (exact) mass is 254 g/mol. The van der Waals surface area contributed by atoms with Gasteiger partial charge in [-0.15, -0.1) is 0 Å². The van der Waals surface area contributed by atoms with E-state index in [1.807, 2.05) is 48.5 Å². The fourth-order valence-corrected chi connectivity index (χ4v) is 1.35. The summed E-state index contributed by atoms with van der Waals surface area (Å²) in [5, 5.41) is 0. The van der Waals surface area contributed by atoms with Gasteiger partial charge in [0.25, 0.3) is 0 Å². The highest BCUT2D eigenvalue weighted by Crippen LogP contribution is 2.21. The van der Waals surface area contributed by atoms with E-state index in [1.54, 1.807) is 0 Å². The van der Waals surface area contributed by atoms with Crippen LogP contribution in [0.25, 0.3) is 11.1 Å². The van der Waals surface area contributed by atoms with Crippen LogP contribution in [0.15, 0.2) is 48.5 Å². The zero-order chi connectivity index (χ0) is 9.97. The van der Waals surface area contributed by atoms with Crippen molar-refractivity contribution in [3.8, 4) is 11.1 Å². The zero-order valence-corrected chi connectivity index (χ0v) is 10.0. The summed E-state index contributed by atoms with van der Waals surface area (Å²) in [7, 11) is 0. The Morgan fingerprint density at radius 1 is 0.500 bits per heavy atom. The normalized spacial score (nSPS) is 8.75. The molecular formula is C12H12Cl2N2-2. The predicted molar refractivity (Wildman–Crippen MR) is 60.7 cm³/mol. The third-order valence-corrected chi connectivity index (χ3v) is 2.15. The van der Waals surface area contributed by atoms with Crippen molar-refractivity contribution in [1.29, 1.82) is 0 Å². The molecule has 2 aromatic rings. The molecule has 0 aliphatic rings. The van der Waals surface area contributed by atoms with Crippen LogP contribution in [0, 0.1) is 0 Å². The van der Waals surface area contributed by atoms with Gasteiger partial charge in [0.2, 0.25) is 0 Å². The summed E-state index contributed by atoms with van der Waals surface area (Å²) in [6.07, 6.45) is 0. The molecule has 2 rings (SSSR count). The molecule has 0 saturated heterocycles. The lowest BCUT2D eigenvalue weighted by Gasteiger charge is -2.02. The fraction of sp³-hybridized carbons (Fsp3) is 0. The summed E-state index contributed by atoms with van der Waals surface area (Å²) >= 11 is 0. The minimum absolute atomic E-state index is 0. The summed E-state index contributed by atoms with van der Waals surface area (Å²) in [6, 6.07) is 15.6. The average Bonchev–Trinajstić information content (AvgIpc) is 2.21. The molecule has 4 N–H and O–H groups in total. The van der Waals surface area contributed by atoms with Gasteiger partial charge in [0.1, 0.15) is 0 Å². The second-order valence-corrected chi connectivity index (χ2v) is 3.24. The van der Waals surface area contributed by atoms with Gasteiger partial charge in [-0.2, -0.15) is 0 Å². The van der Waals surface area contributed by atoms with Crippen LogP contribution >= 0.6 is 0 Å². The Labute approximate surface area is 107 Å². The maximum atomic E-state index is 5.61. The van der Waals surface area contributed by atoms with E-state index in [-0.39, 0.29) is 24.8 Å². The maximum absolute atomic E-state index is 5.61. The van der Waals surface area contributed by atoms with Crippen molar-refractivity contribution in [3.05, 3.63) is 48.5 Å². The fourth-order valence-electron chi connectivity index (χ4n) is 1.35. The van der Waals surface area contributed by atoms with Crippen LogP contribution in [0.4, 0.5) is 11.4 Å². The van der Waals surface area contributed by atoms with E-state index in [0.717, 1.165) is 22.5 Å². The molecule has 0 aliphatic carbocycles. The smallest absolute Gasteiger partial charge is 0.0314 e. The Morgan fingerprint density at radius 2 is 0.750 bits per heavy atom. The van der Waals surface area contributed by atoms with Gasteiger partial charge in [-0.25, -0.2) is 0 Å². The lowest BCUT2D eigenvalue weighted by Crippen LogP contribution is -3.00. The summed E-state index contributed by atoms with van der Waals surface area (Å²) < 4.78 is 0. The minimum Gasteiger partial charge on any atom is -1.00 e. The van der Waals surface area contributed by atoms with Crippen molar-refractivity contribution in [2.24, 2.45) is 0 Å². The van der Waals surface area contributed by atoms with Crippen LogP contribution in [0.1, 0.15) is 0 Å². The van der Waals surface area contributed by atoms with Crippen LogP contribution in [-0.2, 0) is 0 Å². The van der Waals surface area contributed by atoms with Crippen molar-refractivity contribution in [2.45, 2.75) is 0 Å².